The van der Waals surface area contributed by atoms with Gasteiger partial charge in [0.05, 0.1) is 13.2 Å². The highest BCUT2D eigenvalue weighted by Gasteiger charge is 2.25. The average molecular weight is 245 g/mol. The van der Waals surface area contributed by atoms with Crippen molar-refractivity contribution in [1.82, 2.24) is 0 Å². The highest BCUT2D eigenvalue weighted by atomic mass is 35.5. The van der Waals surface area contributed by atoms with Gasteiger partial charge >= 0.3 is 5.97 Å². The number of hydrogen-bond acceptors (Lipinski definition) is 4. The molecule has 1 rings (SSSR count). The van der Waals surface area contributed by atoms with Gasteiger partial charge in [0.1, 0.15) is 0 Å². The molecule has 0 aliphatic heterocycles. The molecule has 2 atom stereocenters. The zero-order chi connectivity index (χ0) is 12.1. The lowest BCUT2D eigenvalue weighted by atomic mass is 10.0. The first-order valence-corrected chi connectivity index (χ1v) is 5.11. The summed E-state index contributed by atoms with van der Waals surface area (Å²) in [6, 6.07) is 6.91. The van der Waals surface area contributed by atoms with E-state index < -0.39 is 18.2 Å². The van der Waals surface area contributed by atoms with Crippen molar-refractivity contribution < 1.29 is 19.7 Å². The molecule has 0 heterocycles. The molecule has 2 N–H and O–H groups in total. The minimum atomic E-state index is -1.55. The lowest BCUT2D eigenvalue weighted by Gasteiger charge is -2.16. The van der Waals surface area contributed by atoms with Gasteiger partial charge in [0.25, 0.3) is 0 Å². The lowest BCUT2D eigenvalue weighted by molar-refractivity contribution is -0.156. The van der Waals surface area contributed by atoms with Gasteiger partial charge in [0.2, 0.25) is 0 Å². The van der Waals surface area contributed by atoms with Crippen LogP contribution in [0.4, 0.5) is 0 Å². The van der Waals surface area contributed by atoms with E-state index in [4.69, 9.17) is 11.6 Å². The summed E-state index contributed by atoms with van der Waals surface area (Å²) in [5, 5.41) is 19.4. The molecule has 88 valence electrons. The SMILES string of the molecule is COC(=O)C(O)[C@@H](O)Cc1ccccc1Cl. The fourth-order valence-electron chi connectivity index (χ4n) is 1.28. The van der Waals surface area contributed by atoms with Gasteiger partial charge in [-0.15, -0.1) is 0 Å². The molecule has 0 aliphatic carbocycles. The van der Waals surface area contributed by atoms with Crippen LogP contribution < -0.4 is 0 Å². The van der Waals surface area contributed by atoms with Crippen molar-refractivity contribution in [2.45, 2.75) is 18.6 Å². The van der Waals surface area contributed by atoms with Crippen LogP contribution in [0.1, 0.15) is 5.56 Å². The van der Waals surface area contributed by atoms with Crippen molar-refractivity contribution in [3.05, 3.63) is 34.9 Å². The molecule has 0 bridgehead atoms. The lowest BCUT2D eigenvalue weighted by Crippen LogP contribution is -2.36. The van der Waals surface area contributed by atoms with Crippen LogP contribution in [0.3, 0.4) is 0 Å². The van der Waals surface area contributed by atoms with Gasteiger partial charge in [0.15, 0.2) is 6.10 Å². The van der Waals surface area contributed by atoms with Crippen molar-refractivity contribution in [3.8, 4) is 0 Å². The van der Waals surface area contributed by atoms with Gasteiger partial charge in [-0.2, -0.15) is 0 Å². The summed E-state index contributed by atoms with van der Waals surface area (Å²) in [5.41, 5.74) is 0.666. The number of benzene rings is 1. The standard InChI is InChI=1S/C11H13ClO4/c1-16-11(15)10(14)9(13)6-7-4-2-3-5-8(7)12/h2-5,9-10,13-14H,6H2,1H3/t9-,10?/m0/s1. The number of rotatable bonds is 4. The minimum Gasteiger partial charge on any atom is -0.467 e. The van der Waals surface area contributed by atoms with Gasteiger partial charge in [-0.3, -0.25) is 0 Å². The van der Waals surface area contributed by atoms with Crippen molar-refractivity contribution in [2.24, 2.45) is 0 Å². The molecule has 16 heavy (non-hydrogen) atoms. The Morgan fingerprint density at radius 1 is 1.44 bits per heavy atom. The topological polar surface area (TPSA) is 66.8 Å². The molecule has 0 spiro atoms. The van der Waals surface area contributed by atoms with Crippen LogP contribution in [-0.2, 0) is 16.0 Å². The van der Waals surface area contributed by atoms with E-state index in [-0.39, 0.29) is 6.42 Å². The number of esters is 1. The molecular formula is C11H13ClO4. The van der Waals surface area contributed by atoms with Crippen molar-refractivity contribution in [3.63, 3.8) is 0 Å². The van der Waals surface area contributed by atoms with E-state index in [1.807, 2.05) is 0 Å². The van der Waals surface area contributed by atoms with E-state index in [0.29, 0.717) is 10.6 Å². The Morgan fingerprint density at radius 3 is 2.62 bits per heavy atom. The van der Waals surface area contributed by atoms with E-state index in [1.54, 1.807) is 24.3 Å². The molecular weight excluding hydrogens is 232 g/mol. The van der Waals surface area contributed by atoms with Crippen LogP contribution in [0.25, 0.3) is 0 Å². The number of methoxy groups -OCH3 is 1. The maximum absolute atomic E-state index is 11.0. The fraction of sp³-hybridized carbons (Fsp3) is 0.364. The zero-order valence-corrected chi connectivity index (χ0v) is 9.52. The first-order valence-electron chi connectivity index (χ1n) is 4.73. The van der Waals surface area contributed by atoms with E-state index in [0.717, 1.165) is 7.11 Å². The third-order valence-corrected chi connectivity index (χ3v) is 2.56. The van der Waals surface area contributed by atoms with Crippen LogP contribution in [0.15, 0.2) is 24.3 Å². The molecule has 0 fully saturated rings. The molecule has 0 aromatic heterocycles. The van der Waals surface area contributed by atoms with Crippen LogP contribution in [0, 0.1) is 0 Å². The molecule has 1 unspecified atom stereocenters. The number of hydrogen-bond donors (Lipinski definition) is 2. The van der Waals surface area contributed by atoms with Crippen molar-refractivity contribution in [2.75, 3.05) is 7.11 Å². The summed E-state index contributed by atoms with van der Waals surface area (Å²) in [6.07, 6.45) is -2.69. The van der Waals surface area contributed by atoms with Crippen LogP contribution in [0.5, 0.6) is 0 Å². The Hall–Kier alpha value is -1.10. The fourth-order valence-corrected chi connectivity index (χ4v) is 1.49. The molecule has 0 amide bonds. The average Bonchev–Trinajstić information content (AvgIpc) is 2.30. The smallest absolute Gasteiger partial charge is 0.337 e. The van der Waals surface area contributed by atoms with E-state index in [9.17, 15) is 15.0 Å². The summed E-state index contributed by atoms with van der Waals surface area (Å²) < 4.78 is 4.32. The second-order valence-electron chi connectivity index (χ2n) is 3.33. The van der Waals surface area contributed by atoms with Gasteiger partial charge < -0.3 is 14.9 Å². The Kier molecular flexibility index (Phi) is 4.73. The quantitative estimate of drug-likeness (QED) is 0.768. The number of aliphatic hydroxyl groups is 2. The highest BCUT2D eigenvalue weighted by Crippen LogP contribution is 2.17. The van der Waals surface area contributed by atoms with Gasteiger partial charge in [-0.1, -0.05) is 29.8 Å². The molecule has 0 aliphatic rings. The molecule has 4 nitrogen and oxygen atoms in total. The predicted molar refractivity (Wildman–Crippen MR) is 59.2 cm³/mol. The second-order valence-corrected chi connectivity index (χ2v) is 3.74. The van der Waals surface area contributed by atoms with Crippen LogP contribution in [0.2, 0.25) is 5.02 Å². The first-order chi connectivity index (χ1) is 7.56. The molecule has 0 radical (unpaired) electrons. The Balaban J connectivity index is 2.68. The third-order valence-electron chi connectivity index (χ3n) is 2.19. The summed E-state index contributed by atoms with van der Waals surface area (Å²) in [4.78, 5) is 11.0. The zero-order valence-electron chi connectivity index (χ0n) is 8.76. The van der Waals surface area contributed by atoms with Crippen molar-refractivity contribution >= 4 is 17.6 Å². The number of halogens is 1. The molecule has 5 heteroatoms. The van der Waals surface area contributed by atoms with Gasteiger partial charge in [-0.25, -0.2) is 4.79 Å². The number of carbonyl (C=O) groups excluding carboxylic acids is 1. The summed E-state index contributed by atoms with van der Waals surface area (Å²) in [7, 11) is 1.15. The molecule has 1 aromatic rings. The molecule has 0 saturated heterocycles. The van der Waals surface area contributed by atoms with Crippen molar-refractivity contribution in [1.29, 1.82) is 0 Å². The van der Waals surface area contributed by atoms with E-state index >= 15 is 0 Å². The molecule has 0 saturated carbocycles. The highest BCUT2D eigenvalue weighted by molar-refractivity contribution is 6.31. The van der Waals surface area contributed by atoms with Crippen LogP contribution in [-0.4, -0.2) is 35.5 Å². The number of carbonyl (C=O) groups is 1. The third kappa shape index (κ3) is 3.20. The normalized spacial score (nSPS) is 14.2. The number of ether oxygens (including phenoxy) is 1. The van der Waals surface area contributed by atoms with Gasteiger partial charge in [0, 0.05) is 11.4 Å². The van der Waals surface area contributed by atoms with Gasteiger partial charge in [-0.05, 0) is 11.6 Å². The minimum absolute atomic E-state index is 0.0932. The van der Waals surface area contributed by atoms with E-state index in [2.05, 4.69) is 4.74 Å². The van der Waals surface area contributed by atoms with Crippen LogP contribution >= 0.6 is 11.6 Å². The summed E-state index contributed by atoms with van der Waals surface area (Å²) in [5.74, 6) is -0.862. The largest absolute Gasteiger partial charge is 0.467 e. The first kappa shape index (κ1) is 13.0. The predicted octanol–water partition coefficient (Wildman–Crippen LogP) is 0.777. The monoisotopic (exact) mass is 244 g/mol. The summed E-state index contributed by atoms with van der Waals surface area (Å²) in [6.45, 7) is 0. The maximum atomic E-state index is 11.0. The Labute approximate surface area is 98.4 Å². The molecule has 1 aromatic carbocycles. The number of aliphatic hydroxyl groups excluding tert-OH is 2. The van der Waals surface area contributed by atoms with E-state index in [1.165, 1.54) is 0 Å². The maximum Gasteiger partial charge on any atom is 0.337 e. The summed E-state index contributed by atoms with van der Waals surface area (Å²) >= 11 is 5.88. The Bertz CT molecular complexity index is 367. The second kappa shape index (κ2) is 5.84. The Morgan fingerprint density at radius 2 is 2.06 bits per heavy atom.